The number of ether oxygens (including phenoxy) is 1. The van der Waals surface area contributed by atoms with Crippen LogP contribution in [0.2, 0.25) is 0 Å². The monoisotopic (exact) mass is 325 g/mol. The number of carbonyl (C=O) groups is 2. The van der Waals surface area contributed by atoms with Crippen molar-refractivity contribution < 1.29 is 19.4 Å². The fourth-order valence-corrected chi connectivity index (χ4v) is 3.62. The molecule has 124 valence electrons. The first-order valence-corrected chi connectivity index (χ1v) is 8.26. The second kappa shape index (κ2) is 5.91. The van der Waals surface area contributed by atoms with Crippen LogP contribution >= 0.6 is 0 Å². The molecule has 24 heavy (non-hydrogen) atoms. The van der Waals surface area contributed by atoms with Gasteiger partial charge in [-0.2, -0.15) is 0 Å². The molecule has 1 aliphatic heterocycles. The Bertz CT molecular complexity index is 798. The minimum Gasteiger partial charge on any atom is -0.479 e. The molecule has 1 amide bonds. The Labute approximate surface area is 139 Å². The molecule has 0 radical (unpaired) electrons. The van der Waals surface area contributed by atoms with Crippen LogP contribution in [-0.2, 0) is 14.3 Å². The standard InChI is InChI=1S/C19H19NO4/c21-18(20-8-9-24-17(11-20)19(22)23)16-10-15(16)14-7-3-5-12-4-1-2-6-13(12)14/h1-7,15-17H,8-11H2,(H,22,23). The molecular formula is C19H19NO4. The van der Waals surface area contributed by atoms with E-state index in [4.69, 9.17) is 9.84 Å². The summed E-state index contributed by atoms with van der Waals surface area (Å²) in [5.74, 6) is -0.755. The number of fused-ring (bicyclic) bond motifs is 1. The predicted molar refractivity (Wildman–Crippen MR) is 88.8 cm³/mol. The average Bonchev–Trinajstić information content (AvgIpc) is 3.41. The smallest absolute Gasteiger partial charge is 0.334 e. The lowest BCUT2D eigenvalue weighted by Gasteiger charge is -2.31. The summed E-state index contributed by atoms with van der Waals surface area (Å²) >= 11 is 0. The van der Waals surface area contributed by atoms with Gasteiger partial charge in [0.1, 0.15) is 0 Å². The van der Waals surface area contributed by atoms with Gasteiger partial charge >= 0.3 is 5.97 Å². The van der Waals surface area contributed by atoms with Crippen LogP contribution in [0.4, 0.5) is 0 Å². The number of carbonyl (C=O) groups excluding carboxylic acids is 1. The van der Waals surface area contributed by atoms with E-state index in [1.54, 1.807) is 4.90 Å². The highest BCUT2D eigenvalue weighted by Gasteiger charge is 2.47. The predicted octanol–water partition coefficient (Wildman–Crippen LogP) is 2.26. The van der Waals surface area contributed by atoms with Gasteiger partial charge < -0.3 is 14.7 Å². The Balaban J connectivity index is 1.51. The molecule has 3 unspecified atom stereocenters. The van der Waals surface area contributed by atoms with E-state index in [2.05, 4.69) is 24.3 Å². The summed E-state index contributed by atoms with van der Waals surface area (Å²) in [7, 11) is 0. The number of nitrogens with zero attached hydrogens (tertiary/aromatic N) is 1. The highest BCUT2D eigenvalue weighted by atomic mass is 16.5. The number of aliphatic carboxylic acids is 1. The number of amides is 1. The molecule has 2 aromatic rings. The van der Waals surface area contributed by atoms with Crippen molar-refractivity contribution in [2.75, 3.05) is 19.7 Å². The quantitative estimate of drug-likeness (QED) is 0.940. The van der Waals surface area contributed by atoms with E-state index < -0.39 is 12.1 Å². The summed E-state index contributed by atoms with van der Waals surface area (Å²) in [4.78, 5) is 25.5. The maximum atomic E-state index is 12.7. The third kappa shape index (κ3) is 2.65. The van der Waals surface area contributed by atoms with E-state index in [-0.39, 0.29) is 30.9 Å². The van der Waals surface area contributed by atoms with Gasteiger partial charge in [-0.05, 0) is 28.7 Å². The van der Waals surface area contributed by atoms with Crippen molar-refractivity contribution in [2.24, 2.45) is 5.92 Å². The molecule has 5 heteroatoms. The zero-order valence-electron chi connectivity index (χ0n) is 13.2. The van der Waals surface area contributed by atoms with Crippen molar-refractivity contribution in [1.29, 1.82) is 0 Å². The summed E-state index contributed by atoms with van der Waals surface area (Å²) in [6, 6.07) is 14.4. The van der Waals surface area contributed by atoms with Crippen molar-refractivity contribution in [2.45, 2.75) is 18.4 Å². The van der Waals surface area contributed by atoms with Crippen molar-refractivity contribution in [3.8, 4) is 0 Å². The number of hydrogen-bond donors (Lipinski definition) is 1. The second-order valence-electron chi connectivity index (χ2n) is 6.50. The van der Waals surface area contributed by atoms with E-state index in [1.165, 1.54) is 16.3 Å². The zero-order chi connectivity index (χ0) is 16.7. The van der Waals surface area contributed by atoms with Gasteiger partial charge in [-0.3, -0.25) is 4.79 Å². The normalized spacial score (nSPS) is 26.3. The van der Waals surface area contributed by atoms with Crippen LogP contribution in [0, 0.1) is 5.92 Å². The van der Waals surface area contributed by atoms with Crippen molar-refractivity contribution in [3.63, 3.8) is 0 Å². The van der Waals surface area contributed by atoms with Gasteiger partial charge in [-0.15, -0.1) is 0 Å². The first-order chi connectivity index (χ1) is 11.6. The highest BCUT2D eigenvalue weighted by Crippen LogP contribution is 2.50. The molecule has 2 aromatic carbocycles. The van der Waals surface area contributed by atoms with Gasteiger partial charge in [0.25, 0.3) is 0 Å². The molecule has 0 aromatic heterocycles. The average molecular weight is 325 g/mol. The van der Waals surface area contributed by atoms with Crippen LogP contribution < -0.4 is 0 Å². The van der Waals surface area contributed by atoms with E-state index in [1.807, 2.05) is 18.2 Å². The van der Waals surface area contributed by atoms with Crippen LogP contribution in [-0.4, -0.2) is 47.7 Å². The Morgan fingerprint density at radius 3 is 2.75 bits per heavy atom. The number of benzene rings is 2. The van der Waals surface area contributed by atoms with Crippen LogP contribution in [0.3, 0.4) is 0 Å². The number of carboxylic acid groups (broad SMARTS) is 1. The Hall–Kier alpha value is -2.40. The van der Waals surface area contributed by atoms with Gasteiger partial charge in [0, 0.05) is 12.5 Å². The summed E-state index contributed by atoms with van der Waals surface area (Å²) in [5.41, 5.74) is 1.22. The SMILES string of the molecule is O=C(O)C1CN(C(=O)C2CC2c2cccc3ccccc23)CCO1. The fraction of sp³-hybridized carbons (Fsp3) is 0.368. The molecule has 5 nitrogen and oxygen atoms in total. The lowest BCUT2D eigenvalue weighted by Crippen LogP contribution is -2.49. The lowest BCUT2D eigenvalue weighted by atomic mass is 10.00. The highest BCUT2D eigenvalue weighted by molar-refractivity contribution is 5.90. The van der Waals surface area contributed by atoms with Crippen molar-refractivity contribution >= 4 is 22.6 Å². The first-order valence-electron chi connectivity index (χ1n) is 8.26. The molecule has 1 N–H and O–H groups in total. The molecule has 4 rings (SSSR count). The van der Waals surface area contributed by atoms with E-state index in [0.717, 1.165) is 6.42 Å². The molecule has 1 saturated carbocycles. The Morgan fingerprint density at radius 1 is 1.12 bits per heavy atom. The number of morpholine rings is 1. The fourth-order valence-electron chi connectivity index (χ4n) is 3.62. The van der Waals surface area contributed by atoms with Crippen LogP contribution in [0.1, 0.15) is 17.9 Å². The molecule has 2 aliphatic rings. The molecular weight excluding hydrogens is 306 g/mol. The molecule has 2 fully saturated rings. The summed E-state index contributed by atoms with van der Waals surface area (Å²) in [5, 5.41) is 11.5. The summed E-state index contributed by atoms with van der Waals surface area (Å²) in [6.45, 7) is 0.905. The van der Waals surface area contributed by atoms with Crippen LogP contribution in [0.15, 0.2) is 42.5 Å². The number of rotatable bonds is 3. The second-order valence-corrected chi connectivity index (χ2v) is 6.50. The molecule has 0 bridgehead atoms. The maximum absolute atomic E-state index is 12.7. The van der Waals surface area contributed by atoms with E-state index >= 15 is 0 Å². The molecule has 1 aliphatic carbocycles. The van der Waals surface area contributed by atoms with Gasteiger partial charge in [-0.25, -0.2) is 4.79 Å². The van der Waals surface area contributed by atoms with Gasteiger partial charge in [0.15, 0.2) is 6.10 Å². The van der Waals surface area contributed by atoms with E-state index in [9.17, 15) is 9.59 Å². The van der Waals surface area contributed by atoms with Gasteiger partial charge in [0.2, 0.25) is 5.91 Å². The Kier molecular flexibility index (Phi) is 3.73. The minimum absolute atomic E-state index is 0.0386. The maximum Gasteiger partial charge on any atom is 0.334 e. The third-order valence-corrected chi connectivity index (χ3v) is 4.98. The number of carboxylic acids is 1. The largest absolute Gasteiger partial charge is 0.479 e. The third-order valence-electron chi connectivity index (χ3n) is 4.98. The van der Waals surface area contributed by atoms with Crippen molar-refractivity contribution in [3.05, 3.63) is 48.0 Å². The van der Waals surface area contributed by atoms with E-state index in [0.29, 0.717) is 6.54 Å². The zero-order valence-corrected chi connectivity index (χ0v) is 13.2. The summed E-state index contributed by atoms with van der Waals surface area (Å²) < 4.78 is 5.20. The molecule has 3 atom stereocenters. The minimum atomic E-state index is -1.01. The lowest BCUT2D eigenvalue weighted by molar-refractivity contribution is -0.159. The molecule has 1 heterocycles. The van der Waals surface area contributed by atoms with Crippen LogP contribution in [0.25, 0.3) is 10.8 Å². The topological polar surface area (TPSA) is 66.8 Å². The number of hydrogen-bond acceptors (Lipinski definition) is 3. The van der Waals surface area contributed by atoms with Crippen molar-refractivity contribution in [1.82, 2.24) is 4.90 Å². The first kappa shape index (κ1) is 15.1. The van der Waals surface area contributed by atoms with Crippen LogP contribution in [0.5, 0.6) is 0 Å². The van der Waals surface area contributed by atoms with Gasteiger partial charge in [-0.1, -0.05) is 42.5 Å². The summed E-state index contributed by atoms with van der Waals surface area (Å²) in [6.07, 6.45) is -0.0699. The van der Waals surface area contributed by atoms with Gasteiger partial charge in [0.05, 0.1) is 13.2 Å². The molecule has 0 spiro atoms. The Morgan fingerprint density at radius 2 is 1.92 bits per heavy atom. The molecule has 1 saturated heterocycles.